The minimum Gasteiger partial charge on any atom is -0.396 e. The molecule has 19 heavy (non-hydrogen) atoms. The Bertz CT molecular complexity index is 439. The van der Waals surface area contributed by atoms with Gasteiger partial charge in [-0.3, -0.25) is 0 Å². The Morgan fingerprint density at radius 1 is 1.47 bits per heavy atom. The van der Waals surface area contributed by atoms with Crippen molar-refractivity contribution in [3.05, 3.63) is 15.6 Å². The number of carbonyl (C=O) groups excluding carboxylic acids is 1. The minimum atomic E-state index is -0.0264. The lowest BCUT2D eigenvalue weighted by Crippen LogP contribution is -2.44. The summed E-state index contributed by atoms with van der Waals surface area (Å²) in [5.74, 6) is 0.354. The molecule has 6 heteroatoms. The zero-order chi connectivity index (χ0) is 13.8. The Morgan fingerprint density at radius 2 is 2.16 bits per heavy atom. The molecule has 2 N–H and O–H groups in total. The first-order valence-corrected chi connectivity index (χ1v) is 7.48. The highest BCUT2D eigenvalue weighted by molar-refractivity contribution is 7.11. The molecule has 1 aliphatic heterocycles. The fourth-order valence-electron chi connectivity index (χ4n) is 2.33. The van der Waals surface area contributed by atoms with Gasteiger partial charge in [0.25, 0.3) is 0 Å². The average molecular weight is 283 g/mol. The van der Waals surface area contributed by atoms with Crippen molar-refractivity contribution in [3.63, 3.8) is 0 Å². The Kier molecular flexibility index (Phi) is 4.76. The first-order valence-electron chi connectivity index (χ1n) is 6.66. The SMILES string of the molecule is Cc1nc(CNC(=O)N2CCC(CO)CC2)c(C)s1. The molecule has 1 aliphatic rings. The molecule has 0 spiro atoms. The van der Waals surface area contributed by atoms with Crippen LogP contribution in [0, 0.1) is 19.8 Å². The van der Waals surface area contributed by atoms with Gasteiger partial charge in [-0.2, -0.15) is 0 Å². The van der Waals surface area contributed by atoms with Crippen molar-refractivity contribution >= 4 is 17.4 Å². The van der Waals surface area contributed by atoms with Gasteiger partial charge < -0.3 is 15.3 Å². The molecule has 1 aromatic rings. The van der Waals surface area contributed by atoms with Crippen LogP contribution in [0.15, 0.2) is 0 Å². The van der Waals surface area contributed by atoms with Crippen LogP contribution in [-0.4, -0.2) is 40.7 Å². The maximum absolute atomic E-state index is 12.0. The summed E-state index contributed by atoms with van der Waals surface area (Å²) >= 11 is 1.66. The number of aryl methyl sites for hydroxylation is 2. The summed E-state index contributed by atoms with van der Waals surface area (Å²) in [5.41, 5.74) is 0.959. The molecule has 0 aromatic carbocycles. The lowest BCUT2D eigenvalue weighted by Gasteiger charge is -2.31. The number of rotatable bonds is 3. The topological polar surface area (TPSA) is 65.5 Å². The number of amides is 2. The van der Waals surface area contributed by atoms with Crippen molar-refractivity contribution in [1.29, 1.82) is 0 Å². The number of likely N-dealkylation sites (tertiary alicyclic amines) is 1. The van der Waals surface area contributed by atoms with Crippen LogP contribution in [0.1, 0.15) is 28.4 Å². The standard InChI is InChI=1S/C13H21N3O2S/c1-9-12(15-10(2)19-9)7-14-13(18)16-5-3-11(8-17)4-6-16/h11,17H,3-8H2,1-2H3,(H,14,18). The lowest BCUT2D eigenvalue weighted by molar-refractivity contribution is 0.137. The Morgan fingerprint density at radius 3 is 2.68 bits per heavy atom. The molecule has 106 valence electrons. The van der Waals surface area contributed by atoms with Crippen LogP contribution in [0.5, 0.6) is 0 Å². The average Bonchev–Trinajstić information content (AvgIpc) is 2.74. The fraction of sp³-hybridized carbons (Fsp3) is 0.692. The van der Waals surface area contributed by atoms with Crippen LogP contribution in [0.3, 0.4) is 0 Å². The highest BCUT2D eigenvalue weighted by atomic mass is 32.1. The van der Waals surface area contributed by atoms with Crippen LogP contribution >= 0.6 is 11.3 Å². The van der Waals surface area contributed by atoms with Gasteiger partial charge in [-0.25, -0.2) is 9.78 Å². The summed E-state index contributed by atoms with van der Waals surface area (Å²) in [6, 6.07) is -0.0264. The highest BCUT2D eigenvalue weighted by Gasteiger charge is 2.22. The number of carbonyl (C=O) groups is 1. The van der Waals surface area contributed by atoms with Crippen LogP contribution < -0.4 is 5.32 Å². The van der Waals surface area contributed by atoms with E-state index in [1.807, 2.05) is 18.7 Å². The van der Waals surface area contributed by atoms with Gasteiger partial charge >= 0.3 is 6.03 Å². The van der Waals surface area contributed by atoms with E-state index in [0.29, 0.717) is 12.5 Å². The monoisotopic (exact) mass is 283 g/mol. The molecule has 2 rings (SSSR count). The second-order valence-electron chi connectivity index (χ2n) is 5.01. The Hall–Kier alpha value is -1.14. The summed E-state index contributed by atoms with van der Waals surface area (Å²) in [4.78, 5) is 19.4. The molecular weight excluding hydrogens is 262 g/mol. The number of thiazole rings is 1. The number of piperidine rings is 1. The van der Waals surface area contributed by atoms with E-state index in [2.05, 4.69) is 10.3 Å². The molecule has 1 saturated heterocycles. The molecule has 0 aliphatic carbocycles. The summed E-state index contributed by atoms with van der Waals surface area (Å²) in [6.07, 6.45) is 1.78. The summed E-state index contributed by atoms with van der Waals surface area (Å²) in [6.45, 7) is 6.18. The number of nitrogens with one attached hydrogen (secondary N) is 1. The number of hydrogen-bond donors (Lipinski definition) is 2. The third-order valence-corrected chi connectivity index (χ3v) is 4.50. The third-order valence-electron chi connectivity index (χ3n) is 3.57. The molecule has 5 nitrogen and oxygen atoms in total. The zero-order valence-corrected chi connectivity index (χ0v) is 12.3. The van der Waals surface area contributed by atoms with Gasteiger partial charge in [-0.15, -0.1) is 11.3 Å². The molecule has 1 fully saturated rings. The van der Waals surface area contributed by atoms with Gasteiger partial charge in [0.05, 0.1) is 17.2 Å². The van der Waals surface area contributed by atoms with E-state index in [-0.39, 0.29) is 12.6 Å². The maximum Gasteiger partial charge on any atom is 0.317 e. The second kappa shape index (κ2) is 6.34. The van der Waals surface area contributed by atoms with Gasteiger partial charge in [0.15, 0.2) is 0 Å². The van der Waals surface area contributed by atoms with Crippen molar-refractivity contribution < 1.29 is 9.90 Å². The molecule has 0 radical (unpaired) electrons. The van der Waals surface area contributed by atoms with Crippen molar-refractivity contribution in [2.75, 3.05) is 19.7 Å². The van der Waals surface area contributed by atoms with Crippen LogP contribution in [0.25, 0.3) is 0 Å². The van der Waals surface area contributed by atoms with Gasteiger partial charge in [-0.1, -0.05) is 0 Å². The van der Waals surface area contributed by atoms with Gasteiger partial charge in [-0.05, 0) is 32.6 Å². The fourth-order valence-corrected chi connectivity index (χ4v) is 3.16. The predicted molar refractivity (Wildman–Crippen MR) is 75.2 cm³/mol. The van der Waals surface area contributed by atoms with Crippen LogP contribution in [0.2, 0.25) is 0 Å². The number of nitrogens with zero attached hydrogens (tertiary/aromatic N) is 2. The molecule has 0 saturated carbocycles. The minimum absolute atomic E-state index is 0.0264. The van der Waals surface area contributed by atoms with E-state index >= 15 is 0 Å². The van der Waals surface area contributed by atoms with Crippen molar-refractivity contribution in [1.82, 2.24) is 15.2 Å². The highest BCUT2D eigenvalue weighted by Crippen LogP contribution is 2.18. The molecule has 2 amide bonds. The first kappa shape index (κ1) is 14.3. The Labute approximate surface area is 117 Å². The number of aliphatic hydroxyl groups excluding tert-OH is 1. The predicted octanol–water partition coefficient (Wildman–Crippen LogP) is 1.67. The van der Waals surface area contributed by atoms with Crippen molar-refractivity contribution in [2.24, 2.45) is 5.92 Å². The van der Waals surface area contributed by atoms with E-state index < -0.39 is 0 Å². The van der Waals surface area contributed by atoms with Gasteiger partial charge in [0.1, 0.15) is 0 Å². The van der Waals surface area contributed by atoms with E-state index in [9.17, 15) is 4.79 Å². The number of aliphatic hydroxyl groups is 1. The second-order valence-corrected chi connectivity index (χ2v) is 6.41. The molecule has 0 bridgehead atoms. The van der Waals surface area contributed by atoms with Gasteiger partial charge in [0.2, 0.25) is 0 Å². The largest absolute Gasteiger partial charge is 0.396 e. The Balaban J connectivity index is 1.80. The van der Waals surface area contributed by atoms with Crippen molar-refractivity contribution in [2.45, 2.75) is 33.2 Å². The normalized spacial score (nSPS) is 16.7. The quantitative estimate of drug-likeness (QED) is 0.887. The first-order chi connectivity index (χ1) is 9.10. The summed E-state index contributed by atoms with van der Waals surface area (Å²) in [7, 11) is 0. The van der Waals surface area contributed by atoms with Gasteiger partial charge in [0, 0.05) is 24.6 Å². The lowest BCUT2D eigenvalue weighted by atomic mass is 9.98. The van der Waals surface area contributed by atoms with Crippen molar-refractivity contribution in [3.8, 4) is 0 Å². The zero-order valence-electron chi connectivity index (χ0n) is 11.5. The molecule has 0 atom stereocenters. The molecule has 2 heterocycles. The summed E-state index contributed by atoms with van der Waals surface area (Å²) in [5, 5.41) is 13.0. The molecule has 1 aromatic heterocycles. The number of hydrogen-bond acceptors (Lipinski definition) is 4. The molecular formula is C13H21N3O2S. The summed E-state index contributed by atoms with van der Waals surface area (Å²) < 4.78 is 0. The van der Waals surface area contributed by atoms with E-state index in [1.165, 1.54) is 0 Å². The van der Waals surface area contributed by atoms with E-state index in [4.69, 9.17) is 5.11 Å². The van der Waals surface area contributed by atoms with E-state index in [0.717, 1.165) is 41.5 Å². The van der Waals surface area contributed by atoms with Crippen LogP contribution in [-0.2, 0) is 6.54 Å². The maximum atomic E-state index is 12.0. The van der Waals surface area contributed by atoms with Crippen LogP contribution in [0.4, 0.5) is 4.79 Å². The number of aromatic nitrogens is 1. The number of urea groups is 1. The van der Waals surface area contributed by atoms with E-state index in [1.54, 1.807) is 11.3 Å². The smallest absolute Gasteiger partial charge is 0.317 e. The molecule has 0 unspecified atom stereocenters. The third kappa shape index (κ3) is 3.67.